The zero-order valence-corrected chi connectivity index (χ0v) is 12.2. The Morgan fingerprint density at radius 2 is 2.15 bits per heavy atom. The number of likely N-dealkylation sites (N-methyl/N-ethyl adjacent to an activating group) is 1. The van der Waals surface area contributed by atoms with Crippen LogP contribution in [0.25, 0.3) is 0 Å². The van der Waals surface area contributed by atoms with Gasteiger partial charge in [0.15, 0.2) is 0 Å². The van der Waals surface area contributed by atoms with Crippen molar-refractivity contribution in [1.82, 2.24) is 15.5 Å². The van der Waals surface area contributed by atoms with Crippen molar-refractivity contribution in [1.29, 1.82) is 0 Å². The zero-order valence-electron chi connectivity index (χ0n) is 12.2. The average Bonchev–Trinajstić information content (AvgIpc) is 3.09. The molecule has 2 saturated carbocycles. The van der Waals surface area contributed by atoms with Gasteiger partial charge in [-0.2, -0.15) is 0 Å². The van der Waals surface area contributed by atoms with E-state index in [1.54, 1.807) is 0 Å². The molecule has 0 aromatic carbocycles. The van der Waals surface area contributed by atoms with E-state index in [0.29, 0.717) is 25.6 Å². The zero-order chi connectivity index (χ0) is 14.1. The average molecular weight is 279 g/mol. The summed E-state index contributed by atoms with van der Waals surface area (Å²) in [4.78, 5) is 26.8. The minimum Gasteiger partial charge on any atom is -0.355 e. The van der Waals surface area contributed by atoms with E-state index in [-0.39, 0.29) is 23.8 Å². The number of carbonyl (C=O) groups is 2. The van der Waals surface area contributed by atoms with Crippen molar-refractivity contribution in [2.45, 2.75) is 38.6 Å². The van der Waals surface area contributed by atoms with Gasteiger partial charge in [0.2, 0.25) is 11.8 Å². The Morgan fingerprint density at radius 3 is 2.80 bits per heavy atom. The molecule has 3 aliphatic rings. The highest BCUT2D eigenvalue weighted by molar-refractivity contribution is 5.89. The van der Waals surface area contributed by atoms with Crippen LogP contribution in [0, 0.1) is 17.8 Å². The Balaban J connectivity index is 1.69. The van der Waals surface area contributed by atoms with Crippen LogP contribution in [0.1, 0.15) is 32.6 Å². The Morgan fingerprint density at radius 1 is 1.30 bits per heavy atom. The lowest BCUT2D eigenvalue weighted by molar-refractivity contribution is -0.146. The molecule has 0 spiro atoms. The lowest BCUT2D eigenvalue weighted by Gasteiger charge is -2.38. The minimum absolute atomic E-state index is 0.0174. The summed E-state index contributed by atoms with van der Waals surface area (Å²) in [5.74, 6) is 1.74. The quantitative estimate of drug-likeness (QED) is 0.784. The molecule has 1 saturated heterocycles. The summed E-state index contributed by atoms with van der Waals surface area (Å²) in [6, 6.07) is -0.324. The number of hydrogen-bond donors (Lipinski definition) is 2. The van der Waals surface area contributed by atoms with Crippen LogP contribution in [0.4, 0.5) is 0 Å². The standard InChI is InChI=1S/C15H25N3O2/c1-2-17-14(19)13-9-16-5-6-18(13)15(20)12-8-10-3-4-11(12)7-10/h10-13,16H,2-9H2,1H3,(H,17,19). The lowest BCUT2D eigenvalue weighted by atomic mass is 9.87. The number of fused-ring (bicyclic) bond motifs is 2. The van der Waals surface area contributed by atoms with E-state index in [1.165, 1.54) is 19.3 Å². The van der Waals surface area contributed by atoms with Crippen molar-refractivity contribution in [3.63, 3.8) is 0 Å². The van der Waals surface area contributed by atoms with Gasteiger partial charge in [0.1, 0.15) is 6.04 Å². The van der Waals surface area contributed by atoms with Crippen LogP contribution in [-0.2, 0) is 9.59 Å². The SMILES string of the molecule is CCNC(=O)C1CNCCN1C(=O)C1CC2CCC1C2. The molecule has 4 atom stereocenters. The number of rotatable bonds is 3. The summed E-state index contributed by atoms with van der Waals surface area (Å²) in [7, 11) is 0. The predicted octanol–water partition coefficient (Wildman–Crippen LogP) is 0.359. The third-order valence-corrected chi connectivity index (χ3v) is 5.24. The van der Waals surface area contributed by atoms with Gasteiger partial charge in [-0.3, -0.25) is 9.59 Å². The van der Waals surface area contributed by atoms with Gasteiger partial charge in [0, 0.05) is 32.1 Å². The Bertz CT molecular complexity index is 399. The predicted molar refractivity (Wildman–Crippen MR) is 76.0 cm³/mol. The Labute approximate surface area is 120 Å². The van der Waals surface area contributed by atoms with Gasteiger partial charge in [0.05, 0.1) is 0 Å². The van der Waals surface area contributed by atoms with Crippen LogP contribution >= 0.6 is 0 Å². The van der Waals surface area contributed by atoms with Gasteiger partial charge >= 0.3 is 0 Å². The Hall–Kier alpha value is -1.10. The second-order valence-electron chi connectivity index (χ2n) is 6.43. The van der Waals surface area contributed by atoms with Gasteiger partial charge in [0.25, 0.3) is 0 Å². The van der Waals surface area contributed by atoms with Crippen molar-refractivity contribution in [3.8, 4) is 0 Å². The second kappa shape index (κ2) is 5.72. The molecule has 4 unspecified atom stereocenters. The van der Waals surface area contributed by atoms with Crippen molar-refractivity contribution >= 4 is 11.8 Å². The van der Waals surface area contributed by atoms with E-state index < -0.39 is 0 Å². The summed E-state index contributed by atoms with van der Waals surface area (Å²) < 4.78 is 0. The van der Waals surface area contributed by atoms with Crippen molar-refractivity contribution in [2.75, 3.05) is 26.2 Å². The topological polar surface area (TPSA) is 61.4 Å². The summed E-state index contributed by atoms with van der Waals surface area (Å²) in [6.07, 6.45) is 4.79. The fourth-order valence-corrected chi connectivity index (χ4v) is 4.25. The van der Waals surface area contributed by atoms with Gasteiger partial charge in [-0.25, -0.2) is 0 Å². The molecule has 2 amide bonds. The van der Waals surface area contributed by atoms with Crippen molar-refractivity contribution in [3.05, 3.63) is 0 Å². The minimum atomic E-state index is -0.324. The third kappa shape index (κ3) is 2.43. The molecule has 2 aliphatic carbocycles. The number of amides is 2. The summed E-state index contributed by atoms with van der Waals surface area (Å²) in [6.45, 7) is 4.57. The summed E-state index contributed by atoms with van der Waals surface area (Å²) >= 11 is 0. The smallest absolute Gasteiger partial charge is 0.244 e. The fourth-order valence-electron chi connectivity index (χ4n) is 4.25. The maximum atomic E-state index is 12.8. The van der Waals surface area contributed by atoms with E-state index in [9.17, 15) is 9.59 Å². The van der Waals surface area contributed by atoms with Crippen LogP contribution in [0.3, 0.4) is 0 Å². The monoisotopic (exact) mass is 279 g/mol. The van der Waals surface area contributed by atoms with E-state index >= 15 is 0 Å². The number of nitrogens with zero attached hydrogens (tertiary/aromatic N) is 1. The first-order valence-corrected chi connectivity index (χ1v) is 7.99. The molecule has 2 bridgehead atoms. The van der Waals surface area contributed by atoms with E-state index in [2.05, 4.69) is 10.6 Å². The lowest BCUT2D eigenvalue weighted by Crippen LogP contribution is -2.60. The summed E-state index contributed by atoms with van der Waals surface area (Å²) in [5.41, 5.74) is 0. The molecule has 1 heterocycles. The molecule has 0 aromatic rings. The van der Waals surface area contributed by atoms with Gasteiger partial charge in [-0.15, -0.1) is 0 Å². The van der Waals surface area contributed by atoms with Gasteiger partial charge < -0.3 is 15.5 Å². The number of piperazine rings is 1. The number of hydrogen-bond acceptors (Lipinski definition) is 3. The first-order chi connectivity index (χ1) is 9.70. The fraction of sp³-hybridized carbons (Fsp3) is 0.867. The van der Waals surface area contributed by atoms with E-state index in [1.807, 2.05) is 11.8 Å². The van der Waals surface area contributed by atoms with Gasteiger partial charge in [-0.1, -0.05) is 6.42 Å². The van der Waals surface area contributed by atoms with E-state index in [4.69, 9.17) is 0 Å². The van der Waals surface area contributed by atoms with Crippen LogP contribution in [0.2, 0.25) is 0 Å². The molecule has 1 aliphatic heterocycles. The van der Waals surface area contributed by atoms with E-state index in [0.717, 1.165) is 18.9 Å². The molecule has 5 heteroatoms. The highest BCUT2D eigenvalue weighted by Crippen LogP contribution is 2.49. The largest absolute Gasteiger partial charge is 0.355 e. The van der Waals surface area contributed by atoms with Crippen LogP contribution in [0.15, 0.2) is 0 Å². The maximum Gasteiger partial charge on any atom is 0.244 e. The van der Waals surface area contributed by atoms with Crippen LogP contribution < -0.4 is 10.6 Å². The molecule has 2 N–H and O–H groups in total. The number of carbonyl (C=O) groups excluding carboxylic acids is 2. The number of nitrogens with one attached hydrogen (secondary N) is 2. The molecule has 3 rings (SSSR count). The highest BCUT2D eigenvalue weighted by Gasteiger charge is 2.46. The molecule has 3 fully saturated rings. The normalized spacial score (nSPS) is 36.1. The van der Waals surface area contributed by atoms with Crippen molar-refractivity contribution < 1.29 is 9.59 Å². The highest BCUT2D eigenvalue weighted by atomic mass is 16.2. The van der Waals surface area contributed by atoms with Crippen LogP contribution in [-0.4, -0.2) is 48.9 Å². The molecule has 20 heavy (non-hydrogen) atoms. The molecule has 112 valence electrons. The maximum absolute atomic E-state index is 12.8. The third-order valence-electron chi connectivity index (χ3n) is 5.24. The second-order valence-corrected chi connectivity index (χ2v) is 6.43. The van der Waals surface area contributed by atoms with Gasteiger partial charge in [-0.05, 0) is 38.0 Å². The Kier molecular flexibility index (Phi) is 3.96. The molecular weight excluding hydrogens is 254 g/mol. The van der Waals surface area contributed by atoms with Crippen LogP contribution in [0.5, 0.6) is 0 Å². The first kappa shape index (κ1) is 13.9. The molecule has 0 aromatic heterocycles. The van der Waals surface area contributed by atoms with Crippen molar-refractivity contribution in [2.24, 2.45) is 17.8 Å². The summed E-state index contributed by atoms with van der Waals surface area (Å²) in [5, 5.41) is 6.08. The first-order valence-electron chi connectivity index (χ1n) is 7.99. The molecule has 0 radical (unpaired) electrons. The molecule has 5 nitrogen and oxygen atoms in total. The molecular formula is C15H25N3O2.